The van der Waals surface area contributed by atoms with Gasteiger partial charge in [0.1, 0.15) is 5.60 Å². The van der Waals surface area contributed by atoms with Gasteiger partial charge < -0.3 is 9.47 Å². The lowest BCUT2D eigenvalue weighted by atomic mass is 9.88. The molecule has 98 valence electrons. The first-order chi connectivity index (χ1) is 7.91. The van der Waals surface area contributed by atoms with Crippen molar-refractivity contribution in [3.63, 3.8) is 0 Å². The van der Waals surface area contributed by atoms with Gasteiger partial charge in [0, 0.05) is 0 Å². The average Bonchev–Trinajstić information content (AvgIpc) is 2.85. The van der Waals surface area contributed by atoms with Gasteiger partial charge in [-0.3, -0.25) is 0 Å². The number of sulfone groups is 1. The van der Waals surface area contributed by atoms with Gasteiger partial charge in [0.05, 0.1) is 18.1 Å². The maximum Gasteiger partial charge on any atom is 0.341 e. The third kappa shape index (κ3) is 1.87. The van der Waals surface area contributed by atoms with Crippen LogP contribution in [0.1, 0.15) is 33.1 Å². The molecular formula is C11H18O5S. The van der Waals surface area contributed by atoms with E-state index >= 15 is 0 Å². The van der Waals surface area contributed by atoms with Gasteiger partial charge in [-0.15, -0.1) is 0 Å². The Hall–Kier alpha value is -0.620. The second kappa shape index (κ2) is 3.95. The minimum absolute atomic E-state index is 0.0490. The quantitative estimate of drug-likeness (QED) is 0.552. The molecule has 6 heteroatoms. The fraction of sp³-hybridized carbons (Fsp3) is 0.909. The van der Waals surface area contributed by atoms with Crippen LogP contribution in [-0.2, 0) is 24.1 Å². The van der Waals surface area contributed by atoms with Crippen LogP contribution in [0, 0.1) is 0 Å². The van der Waals surface area contributed by atoms with E-state index in [1.807, 2.05) is 6.92 Å². The van der Waals surface area contributed by atoms with Gasteiger partial charge in [0.15, 0.2) is 15.4 Å². The molecule has 2 rings (SSSR count). The first-order valence-electron chi connectivity index (χ1n) is 5.99. The molecule has 0 amide bonds. The number of epoxide rings is 1. The van der Waals surface area contributed by atoms with Crippen LogP contribution in [0.2, 0.25) is 0 Å². The van der Waals surface area contributed by atoms with Crippen molar-refractivity contribution >= 4 is 15.8 Å². The molecule has 2 aliphatic heterocycles. The van der Waals surface area contributed by atoms with Crippen LogP contribution in [0.25, 0.3) is 0 Å². The van der Waals surface area contributed by atoms with E-state index in [4.69, 9.17) is 9.47 Å². The Morgan fingerprint density at radius 1 is 1.41 bits per heavy atom. The fourth-order valence-corrected chi connectivity index (χ4v) is 4.67. The van der Waals surface area contributed by atoms with Gasteiger partial charge in [-0.1, -0.05) is 6.92 Å². The van der Waals surface area contributed by atoms with E-state index in [1.54, 1.807) is 6.92 Å². The normalized spacial score (nSPS) is 38.9. The Bertz CT molecular complexity index is 429. The Kier molecular flexibility index (Phi) is 2.98. The molecule has 17 heavy (non-hydrogen) atoms. The van der Waals surface area contributed by atoms with Gasteiger partial charge in [-0.25, -0.2) is 13.2 Å². The second-order valence-corrected chi connectivity index (χ2v) is 6.88. The summed E-state index contributed by atoms with van der Waals surface area (Å²) in [6, 6.07) is 0. The molecule has 0 aromatic heterocycles. The van der Waals surface area contributed by atoms with Crippen LogP contribution >= 0.6 is 0 Å². The summed E-state index contributed by atoms with van der Waals surface area (Å²) >= 11 is 0. The Morgan fingerprint density at radius 3 is 2.65 bits per heavy atom. The monoisotopic (exact) mass is 262 g/mol. The van der Waals surface area contributed by atoms with E-state index < -0.39 is 27.0 Å². The second-order valence-electron chi connectivity index (χ2n) is 4.69. The lowest BCUT2D eigenvalue weighted by molar-refractivity contribution is -0.149. The molecule has 0 bridgehead atoms. The molecule has 2 heterocycles. The molecule has 0 radical (unpaired) electrons. The van der Waals surface area contributed by atoms with Crippen LogP contribution in [0.3, 0.4) is 0 Å². The van der Waals surface area contributed by atoms with Gasteiger partial charge >= 0.3 is 5.97 Å². The van der Waals surface area contributed by atoms with Crippen molar-refractivity contribution < 1.29 is 22.7 Å². The van der Waals surface area contributed by atoms with E-state index in [9.17, 15) is 13.2 Å². The zero-order valence-electron chi connectivity index (χ0n) is 10.2. The Labute approximate surface area is 101 Å². The van der Waals surface area contributed by atoms with Gasteiger partial charge in [-0.2, -0.15) is 0 Å². The predicted octanol–water partition coefficient (Wildman–Crippen LogP) is 0.676. The number of hydrogen-bond donors (Lipinski definition) is 0. The Balaban J connectivity index is 2.22. The van der Waals surface area contributed by atoms with Crippen molar-refractivity contribution in [3.8, 4) is 0 Å². The minimum atomic E-state index is -3.09. The van der Waals surface area contributed by atoms with Gasteiger partial charge in [0.2, 0.25) is 0 Å². The maximum atomic E-state index is 11.9. The molecule has 2 aliphatic rings. The fourth-order valence-electron chi connectivity index (χ4n) is 2.80. The SMILES string of the molecule is CCOC(=O)C1(CC)OC12CCCS(=O)(=O)C2. The van der Waals surface area contributed by atoms with Crippen LogP contribution in [0.4, 0.5) is 0 Å². The molecule has 0 N–H and O–H groups in total. The van der Waals surface area contributed by atoms with Crippen molar-refractivity contribution in [3.05, 3.63) is 0 Å². The molecule has 2 saturated heterocycles. The number of rotatable bonds is 3. The van der Waals surface area contributed by atoms with E-state index in [-0.39, 0.29) is 18.1 Å². The zero-order chi connectivity index (χ0) is 12.7. The topological polar surface area (TPSA) is 73.0 Å². The van der Waals surface area contributed by atoms with E-state index in [2.05, 4.69) is 0 Å². The molecular weight excluding hydrogens is 244 g/mol. The van der Waals surface area contributed by atoms with Gasteiger partial charge in [0.25, 0.3) is 0 Å². The lowest BCUT2D eigenvalue weighted by Gasteiger charge is -2.22. The van der Waals surface area contributed by atoms with E-state index in [1.165, 1.54) is 0 Å². The van der Waals surface area contributed by atoms with E-state index in [0.29, 0.717) is 19.3 Å². The van der Waals surface area contributed by atoms with Crippen LogP contribution in [-0.4, -0.2) is 43.7 Å². The van der Waals surface area contributed by atoms with Crippen LogP contribution in [0.15, 0.2) is 0 Å². The summed E-state index contributed by atoms with van der Waals surface area (Å²) in [7, 11) is -3.09. The van der Waals surface area contributed by atoms with Crippen molar-refractivity contribution in [2.75, 3.05) is 18.1 Å². The van der Waals surface area contributed by atoms with Crippen molar-refractivity contribution in [2.24, 2.45) is 0 Å². The largest absolute Gasteiger partial charge is 0.464 e. The number of carbonyl (C=O) groups is 1. The summed E-state index contributed by atoms with van der Waals surface area (Å²) in [6.07, 6.45) is 1.64. The molecule has 2 fully saturated rings. The summed E-state index contributed by atoms with van der Waals surface area (Å²) in [4.78, 5) is 11.9. The highest BCUT2D eigenvalue weighted by atomic mass is 32.2. The third-order valence-electron chi connectivity index (χ3n) is 3.66. The summed E-state index contributed by atoms with van der Waals surface area (Å²) < 4.78 is 33.9. The molecule has 1 spiro atoms. The zero-order valence-corrected chi connectivity index (χ0v) is 11.0. The average molecular weight is 262 g/mol. The number of ether oxygens (including phenoxy) is 2. The molecule has 2 atom stereocenters. The van der Waals surface area contributed by atoms with E-state index in [0.717, 1.165) is 0 Å². The highest BCUT2D eigenvalue weighted by molar-refractivity contribution is 7.91. The predicted molar refractivity (Wildman–Crippen MR) is 61.4 cm³/mol. The summed E-state index contributed by atoms with van der Waals surface area (Å²) in [6.45, 7) is 3.84. The molecule has 5 nitrogen and oxygen atoms in total. The minimum Gasteiger partial charge on any atom is -0.464 e. The highest BCUT2D eigenvalue weighted by Gasteiger charge is 2.75. The molecule has 0 saturated carbocycles. The number of esters is 1. The Morgan fingerprint density at radius 2 is 2.12 bits per heavy atom. The number of hydrogen-bond acceptors (Lipinski definition) is 5. The maximum absolute atomic E-state index is 11.9. The van der Waals surface area contributed by atoms with Crippen molar-refractivity contribution in [2.45, 2.75) is 44.3 Å². The molecule has 2 unspecified atom stereocenters. The van der Waals surface area contributed by atoms with Crippen molar-refractivity contribution in [1.29, 1.82) is 0 Å². The van der Waals surface area contributed by atoms with Crippen LogP contribution in [0.5, 0.6) is 0 Å². The van der Waals surface area contributed by atoms with Crippen LogP contribution < -0.4 is 0 Å². The standard InChI is InChI=1S/C11H18O5S/c1-3-11(9(12)15-4-2)10(16-11)6-5-7-17(13,14)8-10/h3-8H2,1-2H3. The lowest BCUT2D eigenvalue weighted by Crippen LogP contribution is -2.42. The first-order valence-corrected chi connectivity index (χ1v) is 7.81. The molecule has 0 aromatic rings. The summed E-state index contributed by atoms with van der Waals surface area (Å²) in [5, 5.41) is 0. The highest BCUT2D eigenvalue weighted by Crippen LogP contribution is 2.56. The molecule has 0 aromatic carbocycles. The smallest absolute Gasteiger partial charge is 0.341 e. The van der Waals surface area contributed by atoms with Gasteiger partial charge in [-0.05, 0) is 26.2 Å². The summed E-state index contributed by atoms with van der Waals surface area (Å²) in [5.74, 6) is -0.271. The first kappa shape index (κ1) is 12.8. The van der Waals surface area contributed by atoms with Crippen molar-refractivity contribution in [1.82, 2.24) is 0 Å². The third-order valence-corrected chi connectivity index (χ3v) is 5.47. The molecule has 0 aliphatic carbocycles. The number of carbonyl (C=O) groups excluding carboxylic acids is 1. The summed E-state index contributed by atoms with van der Waals surface area (Å²) in [5.41, 5.74) is -1.83.